The summed E-state index contributed by atoms with van der Waals surface area (Å²) in [4.78, 5) is 3.74. The Morgan fingerprint density at radius 3 is 2.85 bits per heavy atom. The summed E-state index contributed by atoms with van der Waals surface area (Å²) >= 11 is 1.81. The normalized spacial score (nSPS) is 12.0. The molecule has 20 heavy (non-hydrogen) atoms. The predicted molar refractivity (Wildman–Crippen MR) is 86.6 cm³/mol. The second kappa shape index (κ2) is 7.25. The van der Waals surface area contributed by atoms with Crippen LogP contribution < -0.4 is 5.73 Å². The lowest BCUT2D eigenvalue weighted by atomic mass is 10.1. The molecule has 0 saturated heterocycles. The monoisotopic (exact) mass is 284 g/mol. The van der Waals surface area contributed by atoms with E-state index in [4.69, 9.17) is 5.73 Å². The van der Waals surface area contributed by atoms with E-state index in [9.17, 15) is 0 Å². The standard InChI is InChI=1S/C17H20N2S/c1-14(17-9-5-11-20-17)19(2)13-16-7-3-6-15(12-16)8-4-10-18/h3,5-7,9,11-12,14H,10,13,18H2,1-2H3. The van der Waals surface area contributed by atoms with Crippen LogP contribution in [0.4, 0.5) is 0 Å². The Morgan fingerprint density at radius 1 is 1.30 bits per heavy atom. The molecule has 104 valence electrons. The van der Waals surface area contributed by atoms with Crippen LogP contribution in [0.5, 0.6) is 0 Å². The minimum atomic E-state index is 0.402. The van der Waals surface area contributed by atoms with Crippen molar-refractivity contribution in [1.82, 2.24) is 4.90 Å². The summed E-state index contributed by atoms with van der Waals surface area (Å²) in [6, 6.07) is 13.1. The highest BCUT2D eigenvalue weighted by molar-refractivity contribution is 7.10. The first-order valence-electron chi connectivity index (χ1n) is 6.72. The highest BCUT2D eigenvalue weighted by atomic mass is 32.1. The smallest absolute Gasteiger partial charge is 0.0555 e. The van der Waals surface area contributed by atoms with E-state index in [1.165, 1.54) is 10.4 Å². The van der Waals surface area contributed by atoms with Gasteiger partial charge in [-0.2, -0.15) is 0 Å². The van der Waals surface area contributed by atoms with Crippen LogP contribution in [0.3, 0.4) is 0 Å². The first kappa shape index (κ1) is 14.8. The topological polar surface area (TPSA) is 29.3 Å². The van der Waals surface area contributed by atoms with Crippen LogP contribution in [0.25, 0.3) is 0 Å². The number of hydrogen-bond acceptors (Lipinski definition) is 3. The fourth-order valence-corrected chi connectivity index (χ4v) is 2.92. The second-order valence-corrected chi connectivity index (χ2v) is 5.79. The van der Waals surface area contributed by atoms with Gasteiger partial charge in [0.15, 0.2) is 0 Å². The molecule has 1 aromatic carbocycles. The molecule has 0 aliphatic carbocycles. The van der Waals surface area contributed by atoms with Crippen LogP contribution >= 0.6 is 11.3 Å². The Labute approximate surface area is 125 Å². The van der Waals surface area contributed by atoms with Gasteiger partial charge in [0, 0.05) is 23.0 Å². The Morgan fingerprint density at radius 2 is 2.15 bits per heavy atom. The van der Waals surface area contributed by atoms with E-state index in [1.807, 2.05) is 6.07 Å². The summed E-state index contributed by atoms with van der Waals surface area (Å²) in [5.74, 6) is 5.98. The highest BCUT2D eigenvalue weighted by Crippen LogP contribution is 2.24. The van der Waals surface area contributed by atoms with Gasteiger partial charge in [0.2, 0.25) is 0 Å². The lowest BCUT2D eigenvalue weighted by Crippen LogP contribution is -2.21. The average Bonchev–Trinajstić information content (AvgIpc) is 2.98. The summed E-state index contributed by atoms with van der Waals surface area (Å²) in [6.45, 7) is 3.56. The Bertz CT molecular complexity index is 593. The minimum Gasteiger partial charge on any atom is -0.320 e. The van der Waals surface area contributed by atoms with Crippen molar-refractivity contribution in [2.24, 2.45) is 5.73 Å². The van der Waals surface area contributed by atoms with Gasteiger partial charge in [0.05, 0.1) is 6.54 Å². The average molecular weight is 284 g/mol. The van der Waals surface area contributed by atoms with Crippen LogP contribution in [0.15, 0.2) is 41.8 Å². The summed E-state index contributed by atoms with van der Waals surface area (Å²) in [5, 5.41) is 2.13. The molecule has 1 heterocycles. The van der Waals surface area contributed by atoms with E-state index in [1.54, 1.807) is 11.3 Å². The van der Waals surface area contributed by atoms with Gasteiger partial charge < -0.3 is 5.73 Å². The molecule has 3 heteroatoms. The van der Waals surface area contributed by atoms with E-state index in [0.29, 0.717) is 12.6 Å². The van der Waals surface area contributed by atoms with E-state index in [0.717, 1.165) is 12.1 Å². The van der Waals surface area contributed by atoms with Gasteiger partial charge in [0.1, 0.15) is 0 Å². The molecule has 0 spiro atoms. The maximum atomic E-state index is 5.41. The lowest BCUT2D eigenvalue weighted by molar-refractivity contribution is 0.256. The number of thiophene rings is 1. The molecule has 2 rings (SSSR count). The van der Waals surface area contributed by atoms with Crippen LogP contribution in [-0.2, 0) is 6.54 Å². The number of hydrogen-bond donors (Lipinski definition) is 1. The van der Waals surface area contributed by atoms with Crippen LogP contribution in [0.1, 0.15) is 29.0 Å². The minimum absolute atomic E-state index is 0.402. The molecule has 2 N–H and O–H groups in total. The molecule has 2 nitrogen and oxygen atoms in total. The van der Waals surface area contributed by atoms with E-state index < -0.39 is 0 Å². The predicted octanol–water partition coefficient (Wildman–Crippen LogP) is 3.25. The van der Waals surface area contributed by atoms with Crippen molar-refractivity contribution in [1.29, 1.82) is 0 Å². The molecule has 0 aliphatic rings. The van der Waals surface area contributed by atoms with Crippen molar-refractivity contribution in [2.45, 2.75) is 19.5 Å². The molecule has 0 amide bonds. The van der Waals surface area contributed by atoms with Gasteiger partial charge in [-0.05, 0) is 43.1 Å². The molecule has 0 aliphatic heterocycles. The third-order valence-electron chi connectivity index (χ3n) is 3.31. The summed E-state index contributed by atoms with van der Waals surface area (Å²) in [7, 11) is 2.16. The maximum absolute atomic E-state index is 5.41. The van der Waals surface area contributed by atoms with Crippen molar-refractivity contribution >= 4 is 11.3 Å². The quantitative estimate of drug-likeness (QED) is 0.873. The van der Waals surface area contributed by atoms with Gasteiger partial charge in [0.25, 0.3) is 0 Å². The van der Waals surface area contributed by atoms with Crippen LogP contribution in [-0.4, -0.2) is 18.5 Å². The van der Waals surface area contributed by atoms with Gasteiger partial charge in [-0.15, -0.1) is 11.3 Å². The molecule has 0 bridgehead atoms. The molecule has 0 saturated carbocycles. The Kier molecular flexibility index (Phi) is 5.37. The molecule has 2 aromatic rings. The van der Waals surface area contributed by atoms with Crippen LogP contribution in [0.2, 0.25) is 0 Å². The fraction of sp³-hybridized carbons (Fsp3) is 0.294. The number of nitrogens with zero attached hydrogens (tertiary/aromatic N) is 1. The van der Waals surface area contributed by atoms with E-state index >= 15 is 0 Å². The van der Waals surface area contributed by atoms with Gasteiger partial charge in [-0.3, -0.25) is 4.90 Å². The third-order valence-corrected chi connectivity index (χ3v) is 4.35. The summed E-state index contributed by atoms with van der Waals surface area (Å²) < 4.78 is 0. The second-order valence-electron chi connectivity index (χ2n) is 4.81. The number of benzene rings is 1. The summed E-state index contributed by atoms with van der Waals surface area (Å²) in [5.41, 5.74) is 7.72. The molecular formula is C17H20N2S. The molecule has 1 unspecified atom stereocenters. The maximum Gasteiger partial charge on any atom is 0.0555 e. The van der Waals surface area contributed by atoms with Crippen molar-refractivity contribution < 1.29 is 0 Å². The number of nitrogens with two attached hydrogens (primary N) is 1. The first-order valence-corrected chi connectivity index (χ1v) is 7.60. The van der Waals surface area contributed by atoms with E-state index in [-0.39, 0.29) is 0 Å². The zero-order chi connectivity index (χ0) is 14.4. The fourth-order valence-electron chi connectivity index (χ4n) is 2.07. The van der Waals surface area contributed by atoms with Crippen LogP contribution in [0, 0.1) is 11.8 Å². The Hall–Kier alpha value is -1.60. The molecule has 1 atom stereocenters. The zero-order valence-corrected chi connectivity index (χ0v) is 12.8. The van der Waals surface area contributed by atoms with Crippen molar-refractivity contribution in [2.75, 3.05) is 13.6 Å². The van der Waals surface area contributed by atoms with Gasteiger partial charge in [-0.25, -0.2) is 0 Å². The molecule has 0 radical (unpaired) electrons. The first-order chi connectivity index (χ1) is 9.70. The third kappa shape index (κ3) is 3.94. The van der Waals surface area contributed by atoms with Crippen molar-refractivity contribution in [3.05, 3.63) is 57.8 Å². The molecule has 0 fully saturated rings. The van der Waals surface area contributed by atoms with E-state index in [2.05, 4.69) is 66.4 Å². The lowest BCUT2D eigenvalue weighted by Gasteiger charge is -2.23. The highest BCUT2D eigenvalue weighted by Gasteiger charge is 2.12. The SMILES string of the molecule is CC(c1cccs1)N(C)Cc1cccc(C#CCN)c1. The largest absolute Gasteiger partial charge is 0.320 e. The van der Waals surface area contributed by atoms with Crippen molar-refractivity contribution in [3.63, 3.8) is 0 Å². The molecule has 1 aromatic heterocycles. The van der Waals surface area contributed by atoms with Gasteiger partial charge in [-0.1, -0.05) is 30.0 Å². The van der Waals surface area contributed by atoms with Gasteiger partial charge >= 0.3 is 0 Å². The summed E-state index contributed by atoms with van der Waals surface area (Å²) in [6.07, 6.45) is 0. The Balaban J connectivity index is 2.06. The molecular weight excluding hydrogens is 264 g/mol. The zero-order valence-electron chi connectivity index (χ0n) is 12.0. The van der Waals surface area contributed by atoms with Crippen molar-refractivity contribution in [3.8, 4) is 11.8 Å². The number of rotatable bonds is 4.